The fraction of sp³-hybridized carbons (Fsp3) is 0.947. The van der Waals surface area contributed by atoms with Crippen LogP contribution in [-0.2, 0) is 28.6 Å². The predicted molar refractivity (Wildman–Crippen MR) is 278 cm³/mol. The van der Waals surface area contributed by atoms with Gasteiger partial charge in [-0.3, -0.25) is 14.4 Å². The third-order valence-corrected chi connectivity index (χ3v) is 13.1. The number of hydrogen-bond donors (Lipinski definition) is 0. The van der Waals surface area contributed by atoms with Crippen LogP contribution in [0, 0.1) is 0 Å². The second-order valence-electron chi connectivity index (χ2n) is 19.6. The van der Waals surface area contributed by atoms with Crippen molar-refractivity contribution in [3.8, 4) is 0 Å². The molecule has 0 N–H and O–H groups in total. The molecule has 64 heavy (non-hydrogen) atoms. The predicted octanol–water partition coefficient (Wildman–Crippen LogP) is 18.1. The summed E-state index contributed by atoms with van der Waals surface area (Å²) >= 11 is 0. The molecule has 0 amide bonds. The van der Waals surface area contributed by atoms with E-state index in [0.717, 1.165) is 57.8 Å². The summed E-state index contributed by atoms with van der Waals surface area (Å²) in [4.78, 5) is 38.1. The standard InChI is InChI=1S/C57H110O6.K.H/c1-4-7-10-13-16-19-22-25-28-31-34-37-40-43-46-49-55(58)61-52-54(63-57(60)51-48-45-42-39-36-33-30-27-24-21-18-15-12-9-6-3)53-62-56(59)50-47-44-41-38-35-32-29-26-23-20-17-14-11-8-5-2;;/h54H,4-53H2,1-3H3;;. The number of hydrogen-bond acceptors (Lipinski definition) is 6. The van der Waals surface area contributed by atoms with E-state index in [4.69, 9.17) is 14.2 Å². The summed E-state index contributed by atoms with van der Waals surface area (Å²) in [5.41, 5.74) is 0. The van der Waals surface area contributed by atoms with Crippen LogP contribution >= 0.6 is 0 Å². The Balaban J connectivity index is 0. The second kappa shape index (κ2) is 57.4. The Morgan fingerprint density at radius 2 is 0.438 bits per heavy atom. The van der Waals surface area contributed by atoms with Gasteiger partial charge in [0.05, 0.1) is 0 Å². The van der Waals surface area contributed by atoms with Crippen molar-refractivity contribution in [1.29, 1.82) is 0 Å². The molecule has 0 spiro atoms. The minimum absolute atomic E-state index is 0. The van der Waals surface area contributed by atoms with Crippen LogP contribution in [-0.4, -0.2) is 88.6 Å². The number of rotatable bonds is 53. The molecule has 0 aliphatic heterocycles. The number of carbonyl (C=O) groups is 3. The summed E-state index contributed by atoms with van der Waals surface area (Å²) in [5.74, 6) is -0.832. The Bertz CT molecular complexity index is 893. The van der Waals surface area contributed by atoms with Gasteiger partial charge in [-0.1, -0.05) is 290 Å². The zero-order valence-corrected chi connectivity index (χ0v) is 42.9. The Morgan fingerprint density at radius 1 is 0.266 bits per heavy atom. The molecule has 0 atom stereocenters. The third-order valence-electron chi connectivity index (χ3n) is 13.1. The fourth-order valence-electron chi connectivity index (χ4n) is 8.80. The number of esters is 3. The zero-order valence-electron chi connectivity index (χ0n) is 42.9. The van der Waals surface area contributed by atoms with Crippen molar-refractivity contribution in [2.75, 3.05) is 13.2 Å². The Kier molecular flexibility index (Phi) is 59.3. The van der Waals surface area contributed by atoms with Crippen LogP contribution in [0.15, 0.2) is 0 Å². The van der Waals surface area contributed by atoms with E-state index in [1.54, 1.807) is 0 Å². The van der Waals surface area contributed by atoms with Crippen molar-refractivity contribution >= 4 is 69.3 Å². The van der Waals surface area contributed by atoms with E-state index in [2.05, 4.69) is 20.8 Å². The van der Waals surface area contributed by atoms with Crippen LogP contribution in [0.4, 0.5) is 0 Å². The van der Waals surface area contributed by atoms with E-state index in [9.17, 15) is 14.4 Å². The van der Waals surface area contributed by atoms with Gasteiger partial charge in [-0.2, -0.15) is 0 Å². The van der Waals surface area contributed by atoms with Crippen LogP contribution in [0.2, 0.25) is 0 Å². The van der Waals surface area contributed by atoms with E-state index >= 15 is 0 Å². The molecule has 0 bridgehead atoms. The van der Waals surface area contributed by atoms with Crippen LogP contribution in [0.3, 0.4) is 0 Å². The molecule has 0 unspecified atom stereocenters. The third kappa shape index (κ3) is 54.6. The summed E-state index contributed by atoms with van der Waals surface area (Å²) in [6.45, 7) is 6.71. The van der Waals surface area contributed by atoms with E-state index in [1.807, 2.05) is 0 Å². The average Bonchev–Trinajstić information content (AvgIpc) is 3.28. The van der Waals surface area contributed by atoms with Crippen molar-refractivity contribution in [2.24, 2.45) is 0 Å². The van der Waals surface area contributed by atoms with Gasteiger partial charge in [0.25, 0.3) is 0 Å². The van der Waals surface area contributed by atoms with Crippen molar-refractivity contribution in [2.45, 2.75) is 335 Å². The van der Waals surface area contributed by atoms with Gasteiger partial charge in [0.2, 0.25) is 0 Å². The Labute approximate surface area is 442 Å². The first-order valence-electron chi connectivity index (χ1n) is 28.5. The van der Waals surface area contributed by atoms with E-state index in [1.165, 1.54) is 231 Å². The van der Waals surface area contributed by atoms with Crippen LogP contribution in [0.5, 0.6) is 0 Å². The molecule has 0 saturated heterocycles. The van der Waals surface area contributed by atoms with Gasteiger partial charge in [-0.05, 0) is 19.3 Å². The van der Waals surface area contributed by atoms with Crippen molar-refractivity contribution in [3.05, 3.63) is 0 Å². The number of ether oxygens (including phenoxy) is 3. The van der Waals surface area contributed by atoms with E-state index < -0.39 is 6.10 Å². The molecule has 0 aromatic rings. The van der Waals surface area contributed by atoms with Gasteiger partial charge in [0, 0.05) is 19.3 Å². The molecule has 0 heterocycles. The van der Waals surface area contributed by atoms with Crippen molar-refractivity contribution < 1.29 is 28.6 Å². The quantitative estimate of drug-likeness (QED) is 0.0262. The van der Waals surface area contributed by atoms with Gasteiger partial charge in [0.15, 0.2) is 6.10 Å². The summed E-state index contributed by atoms with van der Waals surface area (Å²) in [6.07, 6.45) is 58.0. The van der Waals surface area contributed by atoms with E-state index in [0.29, 0.717) is 19.3 Å². The monoisotopic (exact) mass is 931 g/mol. The molecule has 7 heteroatoms. The second-order valence-corrected chi connectivity index (χ2v) is 19.6. The van der Waals surface area contributed by atoms with Gasteiger partial charge in [-0.25, -0.2) is 0 Å². The maximum atomic E-state index is 12.8. The van der Waals surface area contributed by atoms with Gasteiger partial charge in [-0.15, -0.1) is 0 Å². The topological polar surface area (TPSA) is 78.9 Å². The number of carbonyl (C=O) groups excluding carboxylic acids is 3. The molecule has 0 saturated carbocycles. The molecular formula is C57H111KO6. The Morgan fingerprint density at radius 3 is 0.641 bits per heavy atom. The molecule has 376 valence electrons. The van der Waals surface area contributed by atoms with Gasteiger partial charge < -0.3 is 14.2 Å². The van der Waals surface area contributed by atoms with Gasteiger partial charge >= 0.3 is 69.3 Å². The summed E-state index contributed by atoms with van der Waals surface area (Å²) in [7, 11) is 0. The molecular weight excluding hydrogens is 820 g/mol. The van der Waals surface area contributed by atoms with Crippen LogP contribution < -0.4 is 0 Å². The maximum absolute atomic E-state index is 12.8. The molecule has 0 aliphatic rings. The first-order chi connectivity index (χ1) is 31.0. The summed E-state index contributed by atoms with van der Waals surface area (Å²) < 4.78 is 16.9. The fourth-order valence-corrected chi connectivity index (χ4v) is 8.80. The molecule has 0 radical (unpaired) electrons. The average molecular weight is 932 g/mol. The first-order valence-corrected chi connectivity index (χ1v) is 28.5. The number of unbranched alkanes of at least 4 members (excludes halogenated alkanes) is 42. The Hall–Kier alpha value is 0.0464. The van der Waals surface area contributed by atoms with E-state index in [-0.39, 0.29) is 82.5 Å². The summed E-state index contributed by atoms with van der Waals surface area (Å²) in [5, 5.41) is 0. The first kappa shape index (κ1) is 66.1. The van der Waals surface area contributed by atoms with Crippen LogP contribution in [0.25, 0.3) is 0 Å². The minimum atomic E-state index is -0.760. The molecule has 0 fully saturated rings. The summed E-state index contributed by atoms with van der Waals surface area (Å²) in [6, 6.07) is 0. The molecule has 0 aromatic heterocycles. The zero-order chi connectivity index (χ0) is 45.8. The van der Waals surface area contributed by atoms with Gasteiger partial charge in [0.1, 0.15) is 13.2 Å². The molecule has 0 aromatic carbocycles. The molecule has 0 aliphatic carbocycles. The normalized spacial score (nSPS) is 11.2. The SMILES string of the molecule is CCCCCCCCCCCCCCCCCC(=O)OCC(COC(=O)CCCCCCCCCCCCCCCCC)OC(=O)CCCCCCCCCCCCCCCCC.[KH]. The molecule has 6 nitrogen and oxygen atoms in total. The molecule has 0 rings (SSSR count). The van der Waals surface area contributed by atoms with Crippen molar-refractivity contribution in [3.63, 3.8) is 0 Å². The van der Waals surface area contributed by atoms with Crippen LogP contribution in [0.1, 0.15) is 329 Å². The van der Waals surface area contributed by atoms with Crippen molar-refractivity contribution in [1.82, 2.24) is 0 Å².